The normalized spacial score (nSPS) is 9.31. The largest absolute Gasteiger partial charge is 0.369 e. The van der Waals surface area contributed by atoms with Gasteiger partial charge in [0.05, 0.1) is 0 Å². The first-order valence-electron chi connectivity index (χ1n) is 3.54. The van der Waals surface area contributed by atoms with Crippen LogP contribution >= 0.6 is 0 Å². The van der Waals surface area contributed by atoms with Crippen LogP contribution in [-0.4, -0.2) is 15.9 Å². The molecule has 7 nitrogen and oxygen atoms in total. The van der Waals surface area contributed by atoms with Crippen LogP contribution in [0.2, 0.25) is 0 Å². The summed E-state index contributed by atoms with van der Waals surface area (Å²) in [6.45, 7) is 1.79. The van der Waals surface area contributed by atoms with Gasteiger partial charge >= 0.3 is 0 Å². The molecule has 0 aliphatic heterocycles. The number of hydrazone groups is 1. The molecule has 1 aromatic heterocycles. The van der Waals surface area contributed by atoms with Gasteiger partial charge in [-0.05, 0) is 6.92 Å². The number of rotatable bonds is 2. The fraction of sp³-hybridized carbons (Fsp3) is 0.167. The molecule has 70 valence electrons. The first kappa shape index (κ1) is 9.04. The quantitative estimate of drug-likeness (QED) is 0.262. The van der Waals surface area contributed by atoms with Gasteiger partial charge in [0.25, 0.3) is 0 Å². The highest BCUT2D eigenvalue weighted by atomic mass is 15.4. The zero-order valence-corrected chi connectivity index (χ0v) is 7.15. The van der Waals surface area contributed by atoms with Crippen LogP contribution in [0, 0.1) is 6.92 Å². The summed E-state index contributed by atoms with van der Waals surface area (Å²) in [5.74, 6) is 0.557. The lowest BCUT2D eigenvalue weighted by Crippen LogP contribution is -2.24. The van der Waals surface area contributed by atoms with Crippen LogP contribution in [0.3, 0.4) is 0 Å². The van der Waals surface area contributed by atoms with E-state index in [0.717, 1.165) is 5.69 Å². The Morgan fingerprint density at radius 1 is 1.46 bits per heavy atom. The van der Waals surface area contributed by atoms with Crippen molar-refractivity contribution in [1.82, 2.24) is 9.97 Å². The number of anilines is 2. The van der Waals surface area contributed by atoms with Gasteiger partial charge in [0.1, 0.15) is 0 Å². The first-order valence-corrected chi connectivity index (χ1v) is 3.54. The van der Waals surface area contributed by atoms with E-state index in [9.17, 15) is 0 Å². The van der Waals surface area contributed by atoms with Crippen molar-refractivity contribution in [3.8, 4) is 0 Å². The third-order valence-electron chi connectivity index (χ3n) is 1.17. The summed E-state index contributed by atoms with van der Waals surface area (Å²) in [6.07, 6.45) is 0. The Labute approximate surface area is 75.0 Å². The molecule has 0 fully saturated rings. The van der Waals surface area contributed by atoms with Crippen molar-refractivity contribution in [1.29, 1.82) is 0 Å². The summed E-state index contributed by atoms with van der Waals surface area (Å²) >= 11 is 0. The standard InChI is InChI=1S/C6H11N7/c1-3-2-4(11-6(9)10-3)12-13-5(7)8/h2H,1H3,(H4,7,8,13)(H3,9,10,11,12). The van der Waals surface area contributed by atoms with Gasteiger partial charge in [-0.15, -0.1) is 5.10 Å². The second-order valence-electron chi connectivity index (χ2n) is 2.40. The number of nitrogens with one attached hydrogen (secondary N) is 1. The van der Waals surface area contributed by atoms with Crippen LogP contribution in [0.25, 0.3) is 0 Å². The maximum atomic E-state index is 5.39. The van der Waals surface area contributed by atoms with Gasteiger partial charge in [-0.25, -0.2) is 4.98 Å². The predicted molar refractivity (Wildman–Crippen MR) is 50.6 cm³/mol. The van der Waals surface area contributed by atoms with Gasteiger partial charge in [0.15, 0.2) is 5.82 Å². The van der Waals surface area contributed by atoms with Gasteiger partial charge < -0.3 is 17.2 Å². The molecule has 7 N–H and O–H groups in total. The number of nitrogen functional groups attached to an aromatic ring is 1. The Bertz CT molecular complexity index is 308. The van der Waals surface area contributed by atoms with Crippen LogP contribution in [0.4, 0.5) is 11.8 Å². The minimum Gasteiger partial charge on any atom is -0.369 e. The second kappa shape index (κ2) is 3.57. The Hall–Kier alpha value is -2.05. The number of nitrogens with two attached hydrogens (primary N) is 3. The van der Waals surface area contributed by atoms with Gasteiger partial charge in [0, 0.05) is 11.8 Å². The van der Waals surface area contributed by atoms with Crippen LogP contribution in [0.15, 0.2) is 11.2 Å². The molecule has 1 rings (SSSR count). The summed E-state index contributed by atoms with van der Waals surface area (Å²) in [5.41, 5.74) is 18.9. The van der Waals surface area contributed by atoms with E-state index in [1.807, 2.05) is 0 Å². The van der Waals surface area contributed by atoms with Crippen LogP contribution in [0.5, 0.6) is 0 Å². The monoisotopic (exact) mass is 181 g/mol. The van der Waals surface area contributed by atoms with E-state index < -0.39 is 0 Å². The van der Waals surface area contributed by atoms with E-state index in [-0.39, 0.29) is 11.9 Å². The molecule has 0 unspecified atom stereocenters. The molecule has 0 atom stereocenters. The Morgan fingerprint density at radius 3 is 2.69 bits per heavy atom. The molecule has 0 bridgehead atoms. The Morgan fingerprint density at radius 2 is 2.15 bits per heavy atom. The topological polar surface area (TPSA) is 128 Å². The molecule has 0 spiro atoms. The molecule has 0 aliphatic carbocycles. The lowest BCUT2D eigenvalue weighted by molar-refractivity contribution is 1.10. The maximum absolute atomic E-state index is 5.39. The molecule has 0 aromatic carbocycles. The number of hydrogen-bond acceptors (Lipinski definition) is 5. The zero-order chi connectivity index (χ0) is 9.84. The molecule has 1 heterocycles. The number of aryl methyl sites for hydroxylation is 1. The average molecular weight is 181 g/mol. The molecule has 7 heteroatoms. The zero-order valence-electron chi connectivity index (χ0n) is 7.15. The van der Waals surface area contributed by atoms with Gasteiger partial charge in [-0.1, -0.05) is 0 Å². The van der Waals surface area contributed by atoms with E-state index >= 15 is 0 Å². The SMILES string of the molecule is Cc1cc(NN=C(N)N)nc(N)n1. The van der Waals surface area contributed by atoms with Crippen LogP contribution < -0.4 is 22.6 Å². The van der Waals surface area contributed by atoms with Crippen molar-refractivity contribution in [2.45, 2.75) is 6.92 Å². The maximum Gasteiger partial charge on any atom is 0.222 e. The number of guanidine groups is 1. The van der Waals surface area contributed by atoms with Gasteiger partial charge in [0.2, 0.25) is 11.9 Å². The van der Waals surface area contributed by atoms with Crippen LogP contribution in [-0.2, 0) is 0 Å². The summed E-state index contributed by atoms with van der Waals surface area (Å²) in [6, 6.07) is 1.67. The number of hydrogen-bond donors (Lipinski definition) is 4. The highest BCUT2D eigenvalue weighted by Crippen LogP contribution is 2.06. The van der Waals surface area contributed by atoms with E-state index in [2.05, 4.69) is 20.5 Å². The molecule has 0 amide bonds. The third kappa shape index (κ3) is 2.81. The molecule has 0 saturated heterocycles. The number of aromatic nitrogens is 2. The van der Waals surface area contributed by atoms with Crippen molar-refractivity contribution in [2.24, 2.45) is 16.6 Å². The molecule has 0 saturated carbocycles. The Kier molecular flexibility index (Phi) is 2.48. The lowest BCUT2D eigenvalue weighted by atomic mass is 10.4. The Balaban J connectivity index is 2.83. The summed E-state index contributed by atoms with van der Waals surface area (Å²) < 4.78 is 0. The van der Waals surface area contributed by atoms with Gasteiger partial charge in [-0.2, -0.15) is 4.98 Å². The van der Waals surface area contributed by atoms with Crippen LogP contribution in [0.1, 0.15) is 5.69 Å². The number of nitrogens with zero attached hydrogens (tertiary/aromatic N) is 3. The molecule has 0 aliphatic rings. The van der Waals surface area contributed by atoms with E-state index in [0.29, 0.717) is 5.82 Å². The van der Waals surface area contributed by atoms with E-state index in [4.69, 9.17) is 17.2 Å². The molecular weight excluding hydrogens is 170 g/mol. The average Bonchev–Trinajstić information content (AvgIpc) is 1.99. The third-order valence-corrected chi connectivity index (χ3v) is 1.17. The molecule has 1 aromatic rings. The minimum absolute atomic E-state index is 0.0742. The van der Waals surface area contributed by atoms with Crippen molar-refractivity contribution >= 4 is 17.7 Å². The summed E-state index contributed by atoms with van der Waals surface area (Å²) in [5, 5.41) is 3.55. The van der Waals surface area contributed by atoms with Gasteiger partial charge in [-0.3, -0.25) is 5.43 Å². The minimum atomic E-state index is -0.0742. The molecule has 0 radical (unpaired) electrons. The summed E-state index contributed by atoms with van der Waals surface area (Å²) in [4.78, 5) is 7.72. The van der Waals surface area contributed by atoms with Crippen molar-refractivity contribution in [3.05, 3.63) is 11.8 Å². The lowest BCUT2D eigenvalue weighted by Gasteiger charge is -2.01. The van der Waals surface area contributed by atoms with E-state index in [1.165, 1.54) is 0 Å². The predicted octanol–water partition coefficient (Wildman–Crippen LogP) is -1.03. The van der Waals surface area contributed by atoms with Crippen molar-refractivity contribution in [3.63, 3.8) is 0 Å². The summed E-state index contributed by atoms with van der Waals surface area (Å²) in [7, 11) is 0. The fourth-order valence-corrected chi connectivity index (χ4v) is 0.771. The van der Waals surface area contributed by atoms with E-state index in [1.54, 1.807) is 13.0 Å². The highest BCUT2D eigenvalue weighted by Gasteiger charge is 1.96. The second-order valence-corrected chi connectivity index (χ2v) is 2.40. The highest BCUT2D eigenvalue weighted by molar-refractivity contribution is 5.76. The molecular formula is C6H11N7. The fourth-order valence-electron chi connectivity index (χ4n) is 0.771. The first-order chi connectivity index (χ1) is 6.08. The molecule has 13 heavy (non-hydrogen) atoms. The smallest absolute Gasteiger partial charge is 0.222 e. The van der Waals surface area contributed by atoms with Crippen molar-refractivity contribution in [2.75, 3.05) is 11.2 Å². The van der Waals surface area contributed by atoms with Crippen molar-refractivity contribution < 1.29 is 0 Å².